The van der Waals surface area contributed by atoms with Gasteiger partial charge in [-0.3, -0.25) is 19.3 Å². The molecule has 1 aromatic carbocycles. The maximum Gasteiger partial charge on any atom is 0.272 e. The second kappa shape index (κ2) is 9.83. The van der Waals surface area contributed by atoms with Gasteiger partial charge in [0.05, 0.1) is 23.4 Å². The van der Waals surface area contributed by atoms with Crippen LogP contribution in [0.4, 0.5) is 4.39 Å². The van der Waals surface area contributed by atoms with Gasteiger partial charge in [0.1, 0.15) is 22.8 Å². The molecule has 184 valence electrons. The summed E-state index contributed by atoms with van der Waals surface area (Å²) >= 11 is 12.4. The summed E-state index contributed by atoms with van der Waals surface area (Å²) in [7, 11) is 1.70. The predicted molar refractivity (Wildman–Crippen MR) is 130 cm³/mol. The summed E-state index contributed by atoms with van der Waals surface area (Å²) in [5.74, 6) is -1.07. The van der Waals surface area contributed by atoms with Crippen LogP contribution in [0.25, 0.3) is 11.1 Å². The third kappa shape index (κ3) is 5.26. The number of hydrogen-bond donors (Lipinski definition) is 2. The fourth-order valence-corrected chi connectivity index (χ4v) is 4.28. The van der Waals surface area contributed by atoms with Crippen molar-refractivity contribution in [3.05, 3.63) is 63.9 Å². The lowest BCUT2D eigenvalue weighted by atomic mass is 10.0. The molecule has 11 heteroatoms. The molecule has 4 rings (SSSR count). The topological polar surface area (TPSA) is 98.1 Å². The highest BCUT2D eigenvalue weighted by molar-refractivity contribution is 6.36. The first-order valence-electron chi connectivity index (χ1n) is 11.0. The summed E-state index contributed by atoms with van der Waals surface area (Å²) in [6.45, 7) is 3.80. The zero-order valence-electron chi connectivity index (χ0n) is 19.4. The van der Waals surface area contributed by atoms with E-state index in [0.717, 1.165) is 0 Å². The Bertz CT molecular complexity index is 1290. The van der Waals surface area contributed by atoms with Gasteiger partial charge in [-0.25, -0.2) is 4.39 Å². The van der Waals surface area contributed by atoms with Gasteiger partial charge >= 0.3 is 0 Å². The molecule has 1 saturated carbocycles. The minimum absolute atomic E-state index is 0.0556. The molecular weight excluding hydrogens is 496 g/mol. The van der Waals surface area contributed by atoms with Crippen LogP contribution < -0.4 is 15.4 Å². The fraction of sp³-hybridized carbons (Fsp3) is 0.333. The van der Waals surface area contributed by atoms with Gasteiger partial charge in [0.2, 0.25) is 5.91 Å². The Balaban J connectivity index is 1.50. The molecule has 1 fully saturated rings. The molecular formula is C24H24Cl2FN5O3. The third-order valence-electron chi connectivity index (χ3n) is 5.72. The van der Waals surface area contributed by atoms with Gasteiger partial charge < -0.3 is 15.4 Å². The van der Waals surface area contributed by atoms with Crippen LogP contribution in [0, 0.1) is 5.82 Å². The number of benzene rings is 1. The smallest absolute Gasteiger partial charge is 0.272 e. The first-order chi connectivity index (χ1) is 16.6. The van der Waals surface area contributed by atoms with Gasteiger partial charge in [0.25, 0.3) is 5.91 Å². The monoisotopic (exact) mass is 519 g/mol. The third-order valence-corrected chi connectivity index (χ3v) is 6.22. The number of hydrogen-bond acceptors (Lipinski definition) is 5. The standard InChI is InChI=1S/C24H24Cl2FN5O3/c1-4-35-21-16(10-15(25)11-17(21)26)14-9-18(27)20(28-12-14)13(2)29-23(34)24(6-7-24)30-22(33)19-5-8-32(3)31-19/h5,8-13H,4,6-7H2,1-3H3,(H,29,34)(H,30,33)/t13-/m1/s1. The Labute approximate surface area is 211 Å². The molecule has 8 nitrogen and oxygen atoms in total. The predicted octanol–water partition coefficient (Wildman–Crippen LogP) is 4.47. The molecule has 2 N–H and O–H groups in total. The molecule has 35 heavy (non-hydrogen) atoms. The number of nitrogens with one attached hydrogen (secondary N) is 2. The Kier molecular flexibility index (Phi) is 7.00. The maximum atomic E-state index is 15.1. The number of aromatic nitrogens is 3. The van der Waals surface area contributed by atoms with Crippen LogP contribution in [0.2, 0.25) is 10.0 Å². The highest BCUT2D eigenvalue weighted by Crippen LogP contribution is 2.40. The molecule has 0 bridgehead atoms. The summed E-state index contributed by atoms with van der Waals surface area (Å²) in [5, 5.41) is 10.2. The van der Waals surface area contributed by atoms with Gasteiger partial charge in [-0.15, -0.1) is 0 Å². The SMILES string of the molecule is CCOc1c(Cl)cc(Cl)cc1-c1cnc([C@@H](C)NC(=O)C2(NC(=O)c3ccn(C)n3)CC2)c(F)c1. The maximum absolute atomic E-state index is 15.1. The lowest BCUT2D eigenvalue weighted by Crippen LogP contribution is -2.49. The first-order valence-corrected chi connectivity index (χ1v) is 11.8. The molecule has 2 amide bonds. The van der Waals surface area contributed by atoms with E-state index >= 15 is 4.39 Å². The van der Waals surface area contributed by atoms with Crippen molar-refractivity contribution in [1.82, 2.24) is 25.4 Å². The zero-order chi connectivity index (χ0) is 25.3. The molecule has 0 spiro atoms. The molecule has 3 aromatic rings. The molecule has 1 aliphatic rings. The molecule has 0 saturated heterocycles. The van der Waals surface area contributed by atoms with Crippen molar-refractivity contribution >= 4 is 35.0 Å². The second-order valence-electron chi connectivity index (χ2n) is 8.39. The van der Waals surface area contributed by atoms with E-state index in [1.807, 2.05) is 6.92 Å². The highest BCUT2D eigenvalue weighted by Gasteiger charge is 2.51. The Hall–Kier alpha value is -3.17. The van der Waals surface area contributed by atoms with Gasteiger partial charge in [0, 0.05) is 35.6 Å². The lowest BCUT2D eigenvalue weighted by molar-refractivity contribution is -0.124. The van der Waals surface area contributed by atoms with Crippen molar-refractivity contribution in [2.24, 2.45) is 7.05 Å². The number of pyridine rings is 1. The number of aryl methyl sites for hydroxylation is 1. The van der Waals surface area contributed by atoms with E-state index in [1.54, 1.807) is 38.4 Å². The number of rotatable bonds is 8. The summed E-state index contributed by atoms with van der Waals surface area (Å²) < 4.78 is 22.2. The molecule has 0 aliphatic heterocycles. The van der Waals surface area contributed by atoms with E-state index < -0.39 is 29.2 Å². The molecule has 2 aromatic heterocycles. The van der Waals surface area contributed by atoms with Gasteiger partial charge in [-0.1, -0.05) is 23.2 Å². The van der Waals surface area contributed by atoms with E-state index in [4.69, 9.17) is 27.9 Å². The molecule has 1 atom stereocenters. The van der Waals surface area contributed by atoms with Crippen molar-refractivity contribution in [2.75, 3.05) is 6.61 Å². The van der Waals surface area contributed by atoms with E-state index in [1.165, 1.54) is 16.9 Å². The molecule has 2 heterocycles. The number of amides is 2. The largest absolute Gasteiger partial charge is 0.492 e. The van der Waals surface area contributed by atoms with Crippen molar-refractivity contribution < 1.29 is 18.7 Å². The van der Waals surface area contributed by atoms with Crippen molar-refractivity contribution in [2.45, 2.75) is 38.3 Å². The molecule has 0 radical (unpaired) electrons. The molecule has 1 aliphatic carbocycles. The summed E-state index contributed by atoms with van der Waals surface area (Å²) in [6, 6.07) is 5.30. The minimum Gasteiger partial charge on any atom is -0.492 e. The van der Waals surface area contributed by atoms with E-state index in [0.29, 0.717) is 46.4 Å². The van der Waals surface area contributed by atoms with Gasteiger partial charge in [-0.2, -0.15) is 5.10 Å². The zero-order valence-corrected chi connectivity index (χ0v) is 20.9. The van der Waals surface area contributed by atoms with Crippen molar-refractivity contribution in [3.63, 3.8) is 0 Å². The minimum atomic E-state index is -1.04. The number of carbonyl (C=O) groups excluding carboxylic acids is 2. The van der Waals surface area contributed by atoms with Crippen LogP contribution in [0.1, 0.15) is 48.9 Å². The highest BCUT2D eigenvalue weighted by atomic mass is 35.5. The summed E-state index contributed by atoms with van der Waals surface area (Å²) in [5.41, 5.74) is 0.172. The number of halogens is 3. The second-order valence-corrected chi connectivity index (χ2v) is 9.24. The van der Waals surface area contributed by atoms with Crippen LogP contribution in [0.5, 0.6) is 5.75 Å². The normalized spacial score (nSPS) is 14.8. The van der Waals surface area contributed by atoms with Crippen LogP contribution in [0.15, 0.2) is 36.7 Å². The first kappa shape index (κ1) is 24.9. The Morgan fingerprint density at radius 1 is 1.29 bits per heavy atom. The quantitative estimate of drug-likeness (QED) is 0.457. The average molecular weight is 520 g/mol. The lowest BCUT2D eigenvalue weighted by Gasteiger charge is -2.21. The van der Waals surface area contributed by atoms with Crippen LogP contribution in [-0.4, -0.2) is 38.7 Å². The summed E-state index contributed by atoms with van der Waals surface area (Å²) in [6.07, 6.45) is 4.08. The summed E-state index contributed by atoms with van der Waals surface area (Å²) in [4.78, 5) is 29.6. The Morgan fingerprint density at radius 3 is 2.63 bits per heavy atom. The van der Waals surface area contributed by atoms with E-state index in [9.17, 15) is 9.59 Å². The van der Waals surface area contributed by atoms with E-state index in [2.05, 4.69) is 20.7 Å². The van der Waals surface area contributed by atoms with Crippen LogP contribution in [0.3, 0.4) is 0 Å². The van der Waals surface area contributed by atoms with E-state index in [-0.39, 0.29) is 11.4 Å². The number of nitrogens with zero attached hydrogens (tertiary/aromatic N) is 3. The van der Waals surface area contributed by atoms with Gasteiger partial charge in [-0.05, 0) is 51.0 Å². The van der Waals surface area contributed by atoms with Gasteiger partial charge in [0.15, 0.2) is 0 Å². The Morgan fingerprint density at radius 2 is 2.03 bits per heavy atom. The number of ether oxygens (including phenoxy) is 1. The van der Waals surface area contributed by atoms with Crippen LogP contribution >= 0.6 is 23.2 Å². The van der Waals surface area contributed by atoms with Crippen molar-refractivity contribution in [1.29, 1.82) is 0 Å². The van der Waals surface area contributed by atoms with Crippen LogP contribution in [-0.2, 0) is 11.8 Å². The van der Waals surface area contributed by atoms with Crippen molar-refractivity contribution in [3.8, 4) is 16.9 Å². The average Bonchev–Trinajstić information content (AvgIpc) is 3.45. The molecule has 0 unspecified atom stereocenters. The fourth-order valence-electron chi connectivity index (χ4n) is 3.73. The number of carbonyl (C=O) groups is 2.